The predicted octanol–water partition coefficient (Wildman–Crippen LogP) is 5.26. The van der Waals surface area contributed by atoms with Gasteiger partial charge in [0.1, 0.15) is 0 Å². The molecule has 0 aromatic carbocycles. The molecule has 0 rings (SSSR count). The van der Waals surface area contributed by atoms with Crippen LogP contribution in [0.4, 0.5) is 0 Å². The molecule has 0 saturated heterocycles. The molecule has 0 aromatic heterocycles. The summed E-state index contributed by atoms with van der Waals surface area (Å²) in [6.45, 7) is 3.89. The zero-order valence-corrected chi connectivity index (χ0v) is 18.7. The number of carboxylic acids is 1. The lowest BCUT2D eigenvalue weighted by molar-refractivity contribution is -0.142. The highest BCUT2D eigenvalue weighted by atomic mass is 32.2. The fourth-order valence-corrected chi connectivity index (χ4v) is 3.80. The largest absolute Gasteiger partial charge is 0.478 e. The third-order valence-corrected chi connectivity index (χ3v) is 5.70. The van der Waals surface area contributed by atoms with Gasteiger partial charge in [0.25, 0.3) is 0 Å². The maximum atomic E-state index is 12.2. The van der Waals surface area contributed by atoms with E-state index >= 15 is 0 Å². The van der Waals surface area contributed by atoms with Gasteiger partial charge in [-0.1, -0.05) is 84.5 Å². The summed E-state index contributed by atoms with van der Waals surface area (Å²) in [6.07, 6.45) is 13.7. The Morgan fingerprint density at radius 1 is 0.862 bits per heavy atom. The van der Waals surface area contributed by atoms with Crippen LogP contribution in [0.25, 0.3) is 0 Å². The molecule has 1 unspecified atom stereocenters. The maximum Gasteiger partial charge on any atom is 0.335 e. The van der Waals surface area contributed by atoms with E-state index in [9.17, 15) is 18.0 Å². The molecule has 0 aromatic rings. The molecule has 1 atom stereocenters. The Labute approximate surface area is 175 Å². The van der Waals surface area contributed by atoms with Gasteiger partial charge in [-0.3, -0.25) is 4.55 Å². The predicted molar refractivity (Wildman–Crippen MR) is 113 cm³/mol. The van der Waals surface area contributed by atoms with E-state index in [-0.39, 0.29) is 18.4 Å². The Hall–Kier alpha value is -1.41. The van der Waals surface area contributed by atoms with Crippen molar-refractivity contribution in [1.29, 1.82) is 0 Å². The smallest absolute Gasteiger partial charge is 0.335 e. The van der Waals surface area contributed by atoms with Crippen LogP contribution in [0.2, 0.25) is 0 Å². The van der Waals surface area contributed by atoms with Crippen molar-refractivity contribution in [1.82, 2.24) is 0 Å². The average Bonchev–Trinajstić information content (AvgIpc) is 2.63. The quantitative estimate of drug-likeness (QED) is 0.131. The molecule has 0 amide bonds. The van der Waals surface area contributed by atoms with Crippen LogP contribution in [0.3, 0.4) is 0 Å². The number of carbonyl (C=O) groups is 2. The van der Waals surface area contributed by atoms with Gasteiger partial charge < -0.3 is 9.84 Å². The summed E-state index contributed by atoms with van der Waals surface area (Å²) >= 11 is 0. The van der Waals surface area contributed by atoms with Gasteiger partial charge in [0.15, 0.2) is 0 Å². The minimum Gasteiger partial charge on any atom is -0.478 e. The van der Waals surface area contributed by atoms with E-state index in [4.69, 9.17) is 14.4 Å². The molecule has 2 N–H and O–H groups in total. The molecule has 0 aliphatic carbocycles. The minimum absolute atomic E-state index is 0.0522. The Kier molecular flexibility index (Phi) is 15.6. The van der Waals surface area contributed by atoms with Crippen LogP contribution in [0, 0.1) is 0 Å². The number of aliphatic carboxylic acids is 1. The number of ether oxygens (including phenoxy) is 1. The standard InChI is InChI=1S/C21H38O7S/c1-3-5-6-7-8-9-10-11-12-13-14-16-18(17-19(22)23)21(24)28-20(15-4-2)29(25,26)27/h17,20H,3-16H2,1-2H3,(H,22,23)(H,25,26,27). The van der Waals surface area contributed by atoms with Crippen LogP contribution in [0.15, 0.2) is 11.6 Å². The first-order chi connectivity index (χ1) is 13.7. The number of hydrogen-bond donors (Lipinski definition) is 2. The van der Waals surface area contributed by atoms with Crippen molar-refractivity contribution in [3.05, 3.63) is 11.6 Å². The van der Waals surface area contributed by atoms with E-state index in [1.165, 1.54) is 44.9 Å². The van der Waals surface area contributed by atoms with Crippen LogP contribution in [-0.4, -0.2) is 35.5 Å². The zero-order chi connectivity index (χ0) is 22.1. The molecular weight excluding hydrogens is 396 g/mol. The first kappa shape index (κ1) is 27.6. The topological polar surface area (TPSA) is 118 Å². The number of esters is 1. The Morgan fingerprint density at radius 2 is 1.34 bits per heavy atom. The van der Waals surface area contributed by atoms with E-state index < -0.39 is 27.5 Å². The second-order valence-corrected chi connectivity index (χ2v) is 8.99. The van der Waals surface area contributed by atoms with Crippen molar-refractivity contribution in [2.45, 2.75) is 109 Å². The number of rotatable bonds is 18. The highest BCUT2D eigenvalue weighted by molar-refractivity contribution is 7.86. The van der Waals surface area contributed by atoms with Crippen LogP contribution >= 0.6 is 0 Å². The van der Waals surface area contributed by atoms with Gasteiger partial charge in [-0.05, 0) is 12.8 Å². The molecule has 0 heterocycles. The first-order valence-electron chi connectivity index (χ1n) is 10.8. The summed E-state index contributed by atoms with van der Waals surface area (Å²) in [6, 6.07) is 0. The van der Waals surface area contributed by atoms with Gasteiger partial charge >= 0.3 is 22.1 Å². The molecule has 0 spiro atoms. The summed E-state index contributed by atoms with van der Waals surface area (Å²) < 4.78 is 36.6. The summed E-state index contributed by atoms with van der Waals surface area (Å²) in [4.78, 5) is 23.2. The maximum absolute atomic E-state index is 12.2. The Morgan fingerprint density at radius 3 is 1.76 bits per heavy atom. The Balaban J connectivity index is 4.30. The molecule has 29 heavy (non-hydrogen) atoms. The molecule has 7 nitrogen and oxygen atoms in total. The highest BCUT2D eigenvalue weighted by Gasteiger charge is 2.27. The summed E-state index contributed by atoms with van der Waals surface area (Å²) in [5.41, 5.74) is -1.76. The van der Waals surface area contributed by atoms with Crippen LogP contribution < -0.4 is 0 Å². The summed E-state index contributed by atoms with van der Waals surface area (Å²) in [5.74, 6) is -2.30. The number of carbonyl (C=O) groups excluding carboxylic acids is 1. The lowest BCUT2D eigenvalue weighted by atomic mass is 10.0. The molecule has 8 heteroatoms. The Bertz CT molecular complexity index is 596. The van der Waals surface area contributed by atoms with Crippen molar-refractivity contribution >= 4 is 22.1 Å². The first-order valence-corrected chi connectivity index (χ1v) is 12.3. The lowest BCUT2D eigenvalue weighted by Crippen LogP contribution is -2.27. The van der Waals surface area contributed by atoms with E-state index in [0.717, 1.165) is 25.3 Å². The fraction of sp³-hybridized carbons (Fsp3) is 0.810. The van der Waals surface area contributed by atoms with E-state index in [2.05, 4.69) is 6.92 Å². The van der Waals surface area contributed by atoms with Crippen molar-refractivity contribution in [2.24, 2.45) is 0 Å². The molecule has 0 bridgehead atoms. The zero-order valence-electron chi connectivity index (χ0n) is 17.9. The molecular formula is C21H38O7S. The molecule has 0 aliphatic heterocycles. The SMILES string of the molecule is CCCCCCCCCCCCCC(=CC(=O)O)C(=O)OC(CCC)S(=O)(=O)O. The normalized spacial score (nSPS) is 13.3. The van der Waals surface area contributed by atoms with Crippen LogP contribution in [0.1, 0.15) is 104 Å². The van der Waals surface area contributed by atoms with Gasteiger partial charge in [0.2, 0.25) is 5.44 Å². The van der Waals surface area contributed by atoms with Gasteiger partial charge in [0.05, 0.1) is 0 Å². The fourth-order valence-electron chi connectivity index (χ4n) is 3.06. The third-order valence-electron chi connectivity index (χ3n) is 4.70. The van der Waals surface area contributed by atoms with Crippen molar-refractivity contribution in [2.75, 3.05) is 0 Å². The van der Waals surface area contributed by atoms with Gasteiger partial charge in [-0.25, -0.2) is 9.59 Å². The number of carboxylic acid groups (broad SMARTS) is 1. The van der Waals surface area contributed by atoms with Crippen molar-refractivity contribution < 1.29 is 32.4 Å². The van der Waals surface area contributed by atoms with E-state index in [1.54, 1.807) is 6.92 Å². The molecule has 0 radical (unpaired) electrons. The van der Waals surface area contributed by atoms with E-state index in [0.29, 0.717) is 12.8 Å². The molecule has 0 saturated carbocycles. The van der Waals surface area contributed by atoms with Gasteiger partial charge in [-0.2, -0.15) is 8.42 Å². The molecule has 0 fully saturated rings. The summed E-state index contributed by atoms with van der Waals surface area (Å²) in [5, 5.41) is 8.96. The van der Waals surface area contributed by atoms with E-state index in [1.807, 2.05) is 0 Å². The third kappa shape index (κ3) is 15.1. The summed E-state index contributed by atoms with van der Waals surface area (Å²) in [7, 11) is -4.55. The average molecular weight is 435 g/mol. The van der Waals surface area contributed by atoms with Crippen molar-refractivity contribution in [3.63, 3.8) is 0 Å². The molecule has 170 valence electrons. The minimum atomic E-state index is -4.55. The monoisotopic (exact) mass is 434 g/mol. The van der Waals surface area contributed by atoms with Gasteiger partial charge in [0, 0.05) is 18.1 Å². The molecule has 0 aliphatic rings. The lowest BCUT2D eigenvalue weighted by Gasteiger charge is -2.15. The number of unbranched alkanes of at least 4 members (excludes halogenated alkanes) is 10. The second kappa shape index (κ2) is 16.4. The van der Waals surface area contributed by atoms with Crippen LogP contribution in [-0.2, 0) is 24.4 Å². The van der Waals surface area contributed by atoms with Crippen LogP contribution in [0.5, 0.6) is 0 Å². The van der Waals surface area contributed by atoms with Gasteiger partial charge in [-0.15, -0.1) is 0 Å². The highest BCUT2D eigenvalue weighted by Crippen LogP contribution is 2.17. The number of hydrogen-bond acceptors (Lipinski definition) is 5. The van der Waals surface area contributed by atoms with Crippen molar-refractivity contribution in [3.8, 4) is 0 Å². The second-order valence-electron chi connectivity index (χ2n) is 7.43.